The molecule has 0 saturated carbocycles. The van der Waals surface area contributed by atoms with Crippen LogP contribution in [0.3, 0.4) is 0 Å². The van der Waals surface area contributed by atoms with Gasteiger partial charge in [-0.25, -0.2) is 13.1 Å². The fourth-order valence-electron chi connectivity index (χ4n) is 4.37. The van der Waals surface area contributed by atoms with E-state index in [1.165, 1.54) is 30.3 Å². The van der Waals surface area contributed by atoms with E-state index in [0.717, 1.165) is 12.3 Å². The Kier molecular flexibility index (Phi) is 9.63. The van der Waals surface area contributed by atoms with Gasteiger partial charge in [0.2, 0.25) is 15.8 Å². The highest BCUT2D eigenvalue weighted by Gasteiger charge is 2.48. The second kappa shape index (κ2) is 13.0. The lowest BCUT2D eigenvalue weighted by atomic mass is 9.99. The fourth-order valence-corrected chi connectivity index (χ4v) is 4.83. The molecule has 15 heteroatoms. The normalized spacial score (nSPS) is 21.0. The molecule has 1 unspecified atom stereocenters. The van der Waals surface area contributed by atoms with E-state index in [-0.39, 0.29) is 12.1 Å². The van der Waals surface area contributed by atoms with Crippen molar-refractivity contribution in [2.75, 3.05) is 17.8 Å². The number of aromatic nitrogens is 1. The van der Waals surface area contributed by atoms with Crippen molar-refractivity contribution in [3.05, 3.63) is 83.5 Å². The Labute approximate surface area is 233 Å². The van der Waals surface area contributed by atoms with Crippen molar-refractivity contribution in [3.8, 4) is 0 Å². The van der Waals surface area contributed by atoms with E-state index in [1.807, 2.05) is 4.72 Å². The molecule has 0 radical (unpaired) electrons. The number of hydrogen-bond donors (Lipinski definition) is 1. The molecule has 1 saturated heterocycles. The number of benzene rings is 1. The second-order valence-corrected chi connectivity index (χ2v) is 10.9. The van der Waals surface area contributed by atoms with Gasteiger partial charge in [-0.3, -0.25) is 14.5 Å². The number of carbonyl (C=O) groups is 1. The molecule has 2 aliphatic rings. The molecule has 1 amide bonds. The highest BCUT2D eigenvalue weighted by molar-refractivity contribution is 7.89. The average molecular weight is 602 g/mol. The first-order valence-electron chi connectivity index (χ1n) is 12.3. The van der Waals surface area contributed by atoms with Crippen molar-refractivity contribution in [1.82, 2.24) is 9.71 Å². The Morgan fingerprint density at radius 3 is 2.51 bits per heavy atom. The minimum absolute atomic E-state index is 0.0442. The van der Waals surface area contributed by atoms with E-state index in [9.17, 15) is 30.8 Å². The van der Waals surface area contributed by atoms with Gasteiger partial charge in [0.05, 0.1) is 12.7 Å². The summed E-state index contributed by atoms with van der Waals surface area (Å²) < 4.78 is 99.6. The van der Waals surface area contributed by atoms with Crippen LogP contribution in [0.15, 0.2) is 72.4 Å². The van der Waals surface area contributed by atoms with Gasteiger partial charge >= 0.3 is 13.2 Å². The van der Waals surface area contributed by atoms with E-state index in [2.05, 4.69) is 9.72 Å². The number of pyridine rings is 1. The lowest BCUT2D eigenvalue weighted by Gasteiger charge is -2.41. The average Bonchev–Trinajstić information content (AvgIpc) is 3.40. The largest absolute Gasteiger partial charge is 0.433 e. The molecule has 10 nitrogen and oxygen atoms in total. The van der Waals surface area contributed by atoms with Gasteiger partial charge in [0.1, 0.15) is 0 Å². The summed E-state index contributed by atoms with van der Waals surface area (Å²) in [5.74, 6) is -3.95. The third-order valence-electron chi connectivity index (χ3n) is 6.05. The fraction of sp³-hybridized carbons (Fsp3) is 0.385. The number of amides is 1. The van der Waals surface area contributed by atoms with E-state index >= 15 is 0 Å². The van der Waals surface area contributed by atoms with Gasteiger partial charge in [-0.15, -0.1) is 0 Å². The van der Waals surface area contributed by atoms with Gasteiger partial charge in [0.15, 0.2) is 12.0 Å². The molecule has 1 N–H and O–H groups in total. The van der Waals surface area contributed by atoms with Crippen molar-refractivity contribution >= 4 is 21.6 Å². The third-order valence-corrected chi connectivity index (χ3v) is 6.61. The standard InChI is InChI=1S/C26H27F4N3O7S/c1-41(35,36)32-23(34)18-6-8-19(9-7-18)33(16-17-4-2-12-31-15-17)20-10-11-21(38-24(27)28)26(14-20,40-25(29)30)39-22-5-3-13-37-22/h2,4,6-12,15,22,24-25H,3,5,13-14,16H2,1H3,(H,32,34)/t22?,26-/m1/s1. The first-order chi connectivity index (χ1) is 19.4. The summed E-state index contributed by atoms with van der Waals surface area (Å²) in [6.07, 6.45) is 5.88. The molecule has 1 aliphatic heterocycles. The Balaban J connectivity index is 1.74. The molecule has 1 fully saturated rings. The number of nitrogens with zero attached hydrogens (tertiary/aromatic N) is 2. The lowest BCUT2D eigenvalue weighted by Crippen LogP contribution is -2.47. The summed E-state index contributed by atoms with van der Waals surface area (Å²) >= 11 is 0. The molecule has 4 rings (SSSR count). The number of nitrogens with one attached hydrogen (secondary N) is 1. The van der Waals surface area contributed by atoms with Crippen molar-refractivity contribution in [3.63, 3.8) is 0 Å². The van der Waals surface area contributed by atoms with Gasteiger partial charge in [0.25, 0.3) is 5.91 Å². The minimum Gasteiger partial charge on any atom is -0.433 e. The van der Waals surface area contributed by atoms with Crippen molar-refractivity contribution in [2.24, 2.45) is 0 Å². The van der Waals surface area contributed by atoms with Crippen LogP contribution in [0.25, 0.3) is 0 Å². The number of alkyl halides is 4. The maximum atomic E-state index is 13.7. The van der Waals surface area contributed by atoms with Crippen molar-refractivity contribution < 1.29 is 49.7 Å². The SMILES string of the molecule is CS(=O)(=O)NC(=O)c1ccc(N(Cc2cccnc2)C2=CC=C(OC(F)F)[C@@](OC(F)F)(OC3CCCO3)C2)cc1. The van der Waals surface area contributed by atoms with Crippen LogP contribution >= 0.6 is 0 Å². The molecule has 0 spiro atoms. The molecule has 1 aromatic carbocycles. The molecular formula is C26H27F4N3O7S. The van der Waals surface area contributed by atoms with Gasteiger partial charge in [0, 0.05) is 48.9 Å². The molecule has 1 aromatic heterocycles. The summed E-state index contributed by atoms with van der Waals surface area (Å²) in [6.45, 7) is -6.33. The Bertz CT molecular complexity index is 1370. The number of rotatable bonds is 12. The van der Waals surface area contributed by atoms with Crippen LogP contribution in [0.4, 0.5) is 23.2 Å². The van der Waals surface area contributed by atoms with E-state index in [1.54, 1.807) is 29.4 Å². The maximum absolute atomic E-state index is 13.7. The number of ether oxygens (including phenoxy) is 4. The molecule has 2 aromatic rings. The quantitative estimate of drug-likeness (QED) is 0.281. The summed E-state index contributed by atoms with van der Waals surface area (Å²) in [7, 11) is -3.80. The topological polar surface area (TPSA) is 116 Å². The zero-order valence-electron chi connectivity index (χ0n) is 21.7. The zero-order valence-corrected chi connectivity index (χ0v) is 22.5. The number of sulfonamides is 1. The first-order valence-corrected chi connectivity index (χ1v) is 14.2. The Hall–Kier alpha value is -3.53. The molecular weight excluding hydrogens is 574 g/mol. The molecule has 0 bridgehead atoms. The number of hydrogen-bond acceptors (Lipinski definition) is 9. The highest BCUT2D eigenvalue weighted by atomic mass is 32.2. The highest BCUT2D eigenvalue weighted by Crippen LogP contribution is 2.42. The molecule has 2 heterocycles. The van der Waals surface area contributed by atoms with Crippen LogP contribution in [-0.2, 0) is 35.5 Å². The minimum atomic E-state index is -3.80. The second-order valence-electron chi connectivity index (χ2n) is 9.13. The van der Waals surface area contributed by atoms with Gasteiger partial charge < -0.3 is 19.1 Å². The maximum Gasteiger partial charge on any atom is 0.387 e. The van der Waals surface area contributed by atoms with E-state index in [4.69, 9.17) is 14.2 Å². The molecule has 1 aliphatic carbocycles. The van der Waals surface area contributed by atoms with Crippen molar-refractivity contribution in [1.29, 1.82) is 0 Å². The van der Waals surface area contributed by atoms with Crippen LogP contribution in [0.1, 0.15) is 35.2 Å². The summed E-state index contributed by atoms with van der Waals surface area (Å²) in [5, 5.41) is 0. The Morgan fingerprint density at radius 1 is 1.17 bits per heavy atom. The monoisotopic (exact) mass is 601 g/mol. The number of anilines is 1. The summed E-state index contributed by atoms with van der Waals surface area (Å²) in [5.41, 5.74) is 1.50. The third kappa shape index (κ3) is 8.25. The molecule has 2 atom stereocenters. The van der Waals surface area contributed by atoms with E-state index in [0.29, 0.717) is 36.4 Å². The lowest BCUT2D eigenvalue weighted by molar-refractivity contribution is -0.350. The zero-order chi connectivity index (χ0) is 29.6. The summed E-state index contributed by atoms with van der Waals surface area (Å²) in [6, 6.07) is 9.25. The van der Waals surface area contributed by atoms with Gasteiger partial charge in [-0.1, -0.05) is 6.07 Å². The van der Waals surface area contributed by atoms with Crippen LogP contribution in [0.2, 0.25) is 0 Å². The van der Waals surface area contributed by atoms with E-state index < -0.39 is 53.4 Å². The van der Waals surface area contributed by atoms with Gasteiger partial charge in [-0.05, 0) is 54.5 Å². The van der Waals surface area contributed by atoms with Crippen LogP contribution in [0.5, 0.6) is 0 Å². The van der Waals surface area contributed by atoms with Crippen molar-refractivity contribution in [2.45, 2.75) is 51.1 Å². The Morgan fingerprint density at radius 2 is 1.93 bits per heavy atom. The van der Waals surface area contributed by atoms with Crippen LogP contribution in [0, 0.1) is 0 Å². The first kappa shape index (κ1) is 30.4. The number of allylic oxidation sites excluding steroid dienone is 2. The predicted molar refractivity (Wildman–Crippen MR) is 137 cm³/mol. The number of carbonyl (C=O) groups excluding carboxylic acids is 1. The van der Waals surface area contributed by atoms with Crippen LogP contribution < -0.4 is 9.62 Å². The summed E-state index contributed by atoms with van der Waals surface area (Å²) in [4.78, 5) is 18.0. The van der Waals surface area contributed by atoms with Crippen LogP contribution in [-0.4, -0.2) is 57.5 Å². The van der Waals surface area contributed by atoms with Gasteiger partial charge in [-0.2, -0.15) is 17.6 Å². The molecule has 41 heavy (non-hydrogen) atoms. The molecule has 222 valence electrons. The number of halogens is 4. The predicted octanol–water partition coefficient (Wildman–Crippen LogP) is 4.28. The smallest absolute Gasteiger partial charge is 0.387 e.